The van der Waals surface area contributed by atoms with Crippen LogP contribution in [0.5, 0.6) is 0 Å². The van der Waals surface area contributed by atoms with E-state index < -0.39 is 6.10 Å². The molecule has 0 unspecified atom stereocenters. The topological polar surface area (TPSA) is 45.1 Å². The van der Waals surface area contributed by atoms with E-state index in [1.807, 2.05) is 49.5 Å². The van der Waals surface area contributed by atoms with Crippen LogP contribution in [0.25, 0.3) is 0 Å². The number of benzene rings is 1. The Morgan fingerprint density at radius 2 is 1.89 bits per heavy atom. The summed E-state index contributed by atoms with van der Waals surface area (Å²) in [4.78, 5) is 4.10. The maximum absolute atomic E-state index is 10.1. The van der Waals surface area contributed by atoms with Gasteiger partial charge in [0.25, 0.3) is 0 Å². The predicted molar refractivity (Wildman–Crippen MR) is 76.8 cm³/mol. The van der Waals surface area contributed by atoms with Crippen molar-refractivity contribution in [1.82, 2.24) is 10.3 Å². The monoisotopic (exact) mass is 256 g/mol. The van der Waals surface area contributed by atoms with E-state index >= 15 is 0 Å². The predicted octanol–water partition coefficient (Wildman–Crippen LogP) is 2.77. The molecule has 0 aliphatic heterocycles. The number of aliphatic hydroxyl groups is 1. The van der Waals surface area contributed by atoms with E-state index in [0.717, 1.165) is 11.1 Å². The molecule has 2 atom stereocenters. The average Bonchev–Trinajstić information content (AvgIpc) is 2.46. The molecule has 3 heteroatoms. The minimum Gasteiger partial charge on any atom is -0.387 e. The number of pyridine rings is 1. The average molecular weight is 256 g/mol. The molecule has 1 heterocycles. The normalized spacial score (nSPS) is 14.1. The summed E-state index contributed by atoms with van der Waals surface area (Å²) in [5, 5.41) is 13.5. The van der Waals surface area contributed by atoms with E-state index in [4.69, 9.17) is 0 Å². The summed E-state index contributed by atoms with van der Waals surface area (Å²) in [7, 11) is 0. The highest BCUT2D eigenvalue weighted by molar-refractivity contribution is 5.23. The molecular formula is C16H20N2O. The van der Waals surface area contributed by atoms with E-state index in [1.165, 1.54) is 5.56 Å². The molecule has 0 radical (unpaired) electrons. The number of rotatable bonds is 5. The van der Waals surface area contributed by atoms with E-state index in [0.29, 0.717) is 6.54 Å². The van der Waals surface area contributed by atoms with Crippen LogP contribution in [0.4, 0.5) is 0 Å². The molecule has 100 valence electrons. The van der Waals surface area contributed by atoms with Gasteiger partial charge in [0.1, 0.15) is 0 Å². The van der Waals surface area contributed by atoms with Gasteiger partial charge in [0, 0.05) is 25.0 Å². The van der Waals surface area contributed by atoms with Crippen molar-refractivity contribution in [2.45, 2.75) is 26.0 Å². The number of hydrogen-bond donors (Lipinski definition) is 2. The maximum Gasteiger partial charge on any atom is 0.0914 e. The fourth-order valence-electron chi connectivity index (χ4n) is 1.94. The maximum atomic E-state index is 10.1. The number of aromatic nitrogens is 1. The molecule has 0 saturated carbocycles. The standard InChI is InChI=1S/C16H20N2O/c1-12-5-7-14(8-6-12)16(19)11-18-13(2)15-4-3-9-17-10-15/h3-10,13,16,18-19H,11H2,1-2H3/t13-,16-/m0/s1. The van der Waals surface area contributed by atoms with Crippen molar-refractivity contribution in [3.05, 3.63) is 65.5 Å². The molecule has 2 N–H and O–H groups in total. The lowest BCUT2D eigenvalue weighted by molar-refractivity contribution is 0.171. The van der Waals surface area contributed by atoms with Crippen molar-refractivity contribution in [3.63, 3.8) is 0 Å². The van der Waals surface area contributed by atoms with Gasteiger partial charge < -0.3 is 10.4 Å². The first-order valence-corrected chi connectivity index (χ1v) is 6.55. The third-order valence-electron chi connectivity index (χ3n) is 3.26. The summed E-state index contributed by atoms with van der Waals surface area (Å²) in [6.07, 6.45) is 3.12. The molecule has 1 aromatic carbocycles. The van der Waals surface area contributed by atoms with Crippen LogP contribution >= 0.6 is 0 Å². The zero-order valence-electron chi connectivity index (χ0n) is 11.4. The number of hydrogen-bond acceptors (Lipinski definition) is 3. The molecular weight excluding hydrogens is 236 g/mol. The second-order valence-electron chi connectivity index (χ2n) is 4.84. The van der Waals surface area contributed by atoms with Gasteiger partial charge >= 0.3 is 0 Å². The number of nitrogens with one attached hydrogen (secondary N) is 1. The third-order valence-corrected chi connectivity index (χ3v) is 3.26. The van der Waals surface area contributed by atoms with Gasteiger partial charge in [-0.2, -0.15) is 0 Å². The molecule has 2 aromatic rings. The summed E-state index contributed by atoms with van der Waals surface area (Å²) in [5.74, 6) is 0. The summed E-state index contributed by atoms with van der Waals surface area (Å²) in [5.41, 5.74) is 3.27. The van der Waals surface area contributed by atoms with Gasteiger partial charge in [0.05, 0.1) is 6.10 Å². The first kappa shape index (κ1) is 13.7. The number of aliphatic hydroxyl groups excluding tert-OH is 1. The Hall–Kier alpha value is -1.71. The van der Waals surface area contributed by atoms with E-state index in [9.17, 15) is 5.11 Å². The minimum absolute atomic E-state index is 0.175. The highest BCUT2D eigenvalue weighted by Gasteiger charge is 2.10. The van der Waals surface area contributed by atoms with E-state index in [2.05, 4.69) is 17.2 Å². The van der Waals surface area contributed by atoms with Gasteiger partial charge in [-0.1, -0.05) is 35.9 Å². The van der Waals surface area contributed by atoms with Crippen molar-refractivity contribution in [3.8, 4) is 0 Å². The quantitative estimate of drug-likeness (QED) is 0.864. The SMILES string of the molecule is Cc1ccc([C@@H](O)CN[C@@H](C)c2cccnc2)cc1. The van der Waals surface area contributed by atoms with Crippen LogP contribution in [0.1, 0.15) is 35.8 Å². The molecule has 3 nitrogen and oxygen atoms in total. The van der Waals surface area contributed by atoms with E-state index in [-0.39, 0.29) is 6.04 Å². The molecule has 0 fully saturated rings. The summed E-state index contributed by atoms with van der Waals surface area (Å²) in [6, 6.07) is 12.1. The molecule has 0 spiro atoms. The van der Waals surface area contributed by atoms with Crippen LogP contribution < -0.4 is 5.32 Å². The second-order valence-corrected chi connectivity index (χ2v) is 4.84. The molecule has 0 amide bonds. The van der Waals surface area contributed by atoms with Crippen LogP contribution in [-0.2, 0) is 0 Å². The molecule has 1 aromatic heterocycles. The molecule has 0 bridgehead atoms. The van der Waals surface area contributed by atoms with Crippen molar-refractivity contribution >= 4 is 0 Å². The number of nitrogens with zero attached hydrogens (tertiary/aromatic N) is 1. The van der Waals surface area contributed by atoms with Crippen molar-refractivity contribution in [1.29, 1.82) is 0 Å². The van der Waals surface area contributed by atoms with Crippen molar-refractivity contribution < 1.29 is 5.11 Å². The van der Waals surface area contributed by atoms with Crippen LogP contribution in [0.2, 0.25) is 0 Å². The van der Waals surface area contributed by atoms with Gasteiger partial charge in [-0.05, 0) is 31.0 Å². The van der Waals surface area contributed by atoms with Gasteiger partial charge in [-0.25, -0.2) is 0 Å². The molecule has 0 saturated heterocycles. The molecule has 19 heavy (non-hydrogen) atoms. The van der Waals surface area contributed by atoms with Crippen molar-refractivity contribution in [2.24, 2.45) is 0 Å². The van der Waals surface area contributed by atoms with Gasteiger partial charge in [0.2, 0.25) is 0 Å². The Balaban J connectivity index is 1.90. The van der Waals surface area contributed by atoms with Crippen molar-refractivity contribution in [2.75, 3.05) is 6.54 Å². The Morgan fingerprint density at radius 1 is 1.16 bits per heavy atom. The highest BCUT2D eigenvalue weighted by Crippen LogP contribution is 2.15. The summed E-state index contributed by atoms with van der Waals surface area (Å²) >= 11 is 0. The first-order valence-electron chi connectivity index (χ1n) is 6.55. The summed E-state index contributed by atoms with van der Waals surface area (Å²) < 4.78 is 0. The smallest absolute Gasteiger partial charge is 0.0914 e. The largest absolute Gasteiger partial charge is 0.387 e. The zero-order chi connectivity index (χ0) is 13.7. The molecule has 0 aliphatic carbocycles. The first-order chi connectivity index (χ1) is 9.16. The lowest BCUT2D eigenvalue weighted by Gasteiger charge is -2.17. The second kappa shape index (κ2) is 6.45. The molecule has 2 rings (SSSR count). The van der Waals surface area contributed by atoms with Crippen LogP contribution in [0.15, 0.2) is 48.8 Å². The molecule has 0 aliphatic rings. The van der Waals surface area contributed by atoms with Crippen LogP contribution in [0.3, 0.4) is 0 Å². The van der Waals surface area contributed by atoms with Crippen LogP contribution in [0, 0.1) is 6.92 Å². The van der Waals surface area contributed by atoms with Gasteiger partial charge in [-0.15, -0.1) is 0 Å². The van der Waals surface area contributed by atoms with Gasteiger partial charge in [-0.3, -0.25) is 4.98 Å². The fraction of sp³-hybridized carbons (Fsp3) is 0.312. The zero-order valence-corrected chi connectivity index (χ0v) is 11.4. The lowest BCUT2D eigenvalue weighted by Crippen LogP contribution is -2.24. The Bertz CT molecular complexity index is 496. The fourth-order valence-corrected chi connectivity index (χ4v) is 1.94. The van der Waals surface area contributed by atoms with Crippen LogP contribution in [-0.4, -0.2) is 16.6 Å². The Morgan fingerprint density at radius 3 is 2.53 bits per heavy atom. The van der Waals surface area contributed by atoms with E-state index in [1.54, 1.807) is 6.20 Å². The number of aryl methyl sites for hydroxylation is 1. The lowest BCUT2D eigenvalue weighted by atomic mass is 10.1. The minimum atomic E-state index is -0.486. The Kier molecular flexibility index (Phi) is 4.66. The summed E-state index contributed by atoms with van der Waals surface area (Å²) in [6.45, 7) is 4.64. The van der Waals surface area contributed by atoms with Gasteiger partial charge in [0.15, 0.2) is 0 Å². The highest BCUT2D eigenvalue weighted by atomic mass is 16.3. The Labute approximate surface area is 114 Å². The third kappa shape index (κ3) is 3.88.